The van der Waals surface area contributed by atoms with Gasteiger partial charge in [0.25, 0.3) is 0 Å². The zero-order chi connectivity index (χ0) is 36.5. The largest absolute Gasteiger partial charge is 0.503 e. The van der Waals surface area contributed by atoms with Gasteiger partial charge < -0.3 is 19.9 Å². The van der Waals surface area contributed by atoms with E-state index in [0.717, 1.165) is 10.5 Å². The van der Waals surface area contributed by atoms with Gasteiger partial charge in [0, 0.05) is 17.4 Å². The van der Waals surface area contributed by atoms with Crippen LogP contribution >= 0.6 is 11.6 Å². The Kier molecular flexibility index (Phi) is 8.29. The fraction of sp³-hybridized carbons (Fsp3) is 0.220. The van der Waals surface area contributed by atoms with Gasteiger partial charge in [0.2, 0.25) is 11.8 Å². The summed E-state index contributed by atoms with van der Waals surface area (Å²) in [5, 5.41) is 30.4. The molecule has 2 amide bonds. The van der Waals surface area contributed by atoms with Crippen LogP contribution in [0.2, 0.25) is 5.02 Å². The molecular weight excluding hydrogens is 681 g/mol. The lowest BCUT2D eigenvalue weighted by molar-refractivity contribution is -0.135. The Morgan fingerprint density at radius 1 is 0.865 bits per heavy atom. The SMILES string of the molecule is COc1cc(C2C3=CCC4C(=O)N(c5cccc(B(O)O)c5)C(=O)C4C3CC3C(=O)C(c4ccccc4)=CC(=O)C32c2ccccc2)cc(Cl)c1O. The number of phenols is 1. The summed E-state index contributed by atoms with van der Waals surface area (Å²) in [5.41, 5.74) is 1.60. The van der Waals surface area contributed by atoms with Crippen molar-refractivity contribution in [3.05, 3.63) is 137 Å². The Morgan fingerprint density at radius 2 is 1.58 bits per heavy atom. The van der Waals surface area contributed by atoms with E-state index in [0.29, 0.717) is 16.7 Å². The smallest absolute Gasteiger partial charge is 0.488 e. The van der Waals surface area contributed by atoms with E-state index in [4.69, 9.17) is 16.3 Å². The second-order valence-electron chi connectivity index (χ2n) is 13.8. The Bertz CT molecular complexity index is 2220. The molecule has 1 saturated heterocycles. The number of ketones is 2. The first-order valence-corrected chi connectivity index (χ1v) is 17.5. The number of hydrogen-bond acceptors (Lipinski definition) is 8. The fourth-order valence-electron chi connectivity index (χ4n) is 9.24. The minimum atomic E-state index is -1.80. The molecule has 1 heterocycles. The standard InChI is InChI=1S/C41H33BClNO8/c1-52-33-18-23(17-32(43)38(33)47)36-27-15-16-28-35(40(49)44(39(28)48)26-14-8-13-25(19-26)42(50)51)30(27)20-31-37(46)29(22-9-4-2-5-10-22)21-34(45)41(31,36)24-11-6-3-7-12-24/h2-15,17-19,21,28,30-31,35-36,47,50-51H,16,20H2,1H3. The van der Waals surface area contributed by atoms with E-state index in [1.807, 2.05) is 42.5 Å². The minimum Gasteiger partial charge on any atom is -0.503 e. The molecule has 1 saturated carbocycles. The number of carbonyl (C=O) groups excluding carboxylic acids is 4. The monoisotopic (exact) mass is 713 g/mol. The molecule has 3 aliphatic carbocycles. The van der Waals surface area contributed by atoms with Crippen molar-refractivity contribution in [2.45, 2.75) is 24.2 Å². The topological polar surface area (TPSA) is 141 Å². The molecule has 0 bridgehead atoms. The number of rotatable bonds is 6. The number of halogens is 1. The number of benzene rings is 4. The Morgan fingerprint density at radius 3 is 2.27 bits per heavy atom. The van der Waals surface area contributed by atoms with Gasteiger partial charge in [-0.05, 0) is 71.3 Å². The zero-order valence-corrected chi connectivity index (χ0v) is 28.7. The molecule has 260 valence electrons. The molecule has 52 heavy (non-hydrogen) atoms. The number of carbonyl (C=O) groups is 4. The molecule has 11 heteroatoms. The number of amides is 2. The predicted molar refractivity (Wildman–Crippen MR) is 195 cm³/mol. The molecule has 8 rings (SSSR count). The number of methoxy groups -OCH3 is 1. The van der Waals surface area contributed by atoms with Crippen molar-refractivity contribution < 1.29 is 39.1 Å². The molecule has 0 spiro atoms. The molecule has 0 aromatic heterocycles. The second kappa shape index (κ2) is 12.7. The molecule has 6 unspecified atom stereocenters. The minimum absolute atomic E-state index is 0.00938. The Labute approximate surface area is 305 Å². The average molecular weight is 714 g/mol. The second-order valence-corrected chi connectivity index (χ2v) is 14.2. The first kappa shape index (κ1) is 33.8. The van der Waals surface area contributed by atoms with Crippen LogP contribution in [-0.4, -0.2) is 52.8 Å². The zero-order valence-electron chi connectivity index (χ0n) is 28.0. The molecule has 4 aromatic carbocycles. The number of ether oxygens (including phenoxy) is 1. The third-order valence-corrected chi connectivity index (χ3v) is 11.7. The van der Waals surface area contributed by atoms with Gasteiger partial charge in [0.1, 0.15) is 0 Å². The summed E-state index contributed by atoms with van der Waals surface area (Å²) in [5.74, 6) is -5.67. The first-order chi connectivity index (χ1) is 25.1. The first-order valence-electron chi connectivity index (χ1n) is 17.1. The van der Waals surface area contributed by atoms with E-state index in [-0.39, 0.29) is 57.7 Å². The highest BCUT2D eigenvalue weighted by molar-refractivity contribution is 6.58. The summed E-state index contributed by atoms with van der Waals surface area (Å²) in [7, 11) is -0.407. The van der Waals surface area contributed by atoms with Crippen molar-refractivity contribution in [2.24, 2.45) is 23.7 Å². The molecule has 1 aliphatic heterocycles. The molecule has 2 fully saturated rings. The van der Waals surface area contributed by atoms with Crippen LogP contribution in [0.3, 0.4) is 0 Å². The average Bonchev–Trinajstić information content (AvgIpc) is 3.42. The van der Waals surface area contributed by atoms with Gasteiger partial charge in [-0.3, -0.25) is 24.1 Å². The van der Waals surface area contributed by atoms with Crippen LogP contribution in [0.4, 0.5) is 5.69 Å². The molecule has 9 nitrogen and oxygen atoms in total. The summed E-state index contributed by atoms with van der Waals surface area (Å²) < 4.78 is 5.52. The quantitative estimate of drug-likeness (QED) is 0.148. The number of imide groups is 1. The maximum atomic E-state index is 15.2. The van der Waals surface area contributed by atoms with Gasteiger partial charge in [-0.25, -0.2) is 0 Å². The van der Waals surface area contributed by atoms with Gasteiger partial charge in [0.15, 0.2) is 23.1 Å². The van der Waals surface area contributed by atoms with Gasteiger partial charge in [-0.15, -0.1) is 0 Å². The molecule has 3 N–H and O–H groups in total. The number of nitrogens with zero attached hydrogens (tertiary/aromatic N) is 1. The van der Waals surface area contributed by atoms with Crippen LogP contribution in [0.5, 0.6) is 11.5 Å². The van der Waals surface area contributed by atoms with E-state index in [1.54, 1.807) is 48.5 Å². The van der Waals surface area contributed by atoms with Crippen molar-refractivity contribution in [2.75, 3.05) is 12.0 Å². The molecule has 4 aromatic rings. The number of phenolic OH excluding ortho intramolecular Hbond substituents is 1. The van der Waals surface area contributed by atoms with Crippen molar-refractivity contribution in [1.29, 1.82) is 0 Å². The molecular formula is C41H33BClNO8. The number of fused-ring (bicyclic) bond motifs is 4. The fourth-order valence-corrected chi connectivity index (χ4v) is 9.46. The maximum Gasteiger partial charge on any atom is 0.488 e. The van der Waals surface area contributed by atoms with E-state index in [1.165, 1.54) is 25.3 Å². The number of aromatic hydroxyl groups is 1. The van der Waals surface area contributed by atoms with Crippen molar-refractivity contribution >= 4 is 58.8 Å². The summed E-state index contributed by atoms with van der Waals surface area (Å²) in [6.07, 6.45) is 3.68. The normalized spacial score (nSPS) is 26.6. The van der Waals surface area contributed by atoms with Gasteiger partial charge >= 0.3 is 7.12 Å². The lowest BCUT2D eigenvalue weighted by Gasteiger charge is -2.55. The van der Waals surface area contributed by atoms with Gasteiger partial charge in [-0.2, -0.15) is 0 Å². The highest BCUT2D eigenvalue weighted by atomic mass is 35.5. The molecule has 4 aliphatic rings. The van der Waals surface area contributed by atoms with Crippen LogP contribution < -0.4 is 15.1 Å². The third kappa shape index (κ3) is 4.93. The molecule has 6 atom stereocenters. The highest BCUT2D eigenvalue weighted by Crippen LogP contribution is 2.64. The third-order valence-electron chi connectivity index (χ3n) is 11.4. The number of anilines is 1. The molecule has 0 radical (unpaired) electrons. The van der Waals surface area contributed by atoms with Gasteiger partial charge in [-0.1, -0.05) is 96.0 Å². The summed E-state index contributed by atoms with van der Waals surface area (Å²) in [4.78, 5) is 60.0. The van der Waals surface area contributed by atoms with Crippen molar-refractivity contribution in [1.82, 2.24) is 0 Å². The highest BCUT2D eigenvalue weighted by Gasteiger charge is 2.66. The van der Waals surface area contributed by atoms with Crippen LogP contribution in [0, 0.1) is 23.7 Å². The summed E-state index contributed by atoms with van der Waals surface area (Å²) >= 11 is 6.63. The van der Waals surface area contributed by atoms with Crippen LogP contribution in [-0.2, 0) is 24.6 Å². The number of Topliss-reactive ketones (excluding diaryl/α,β-unsaturated/α-hetero) is 1. The lowest BCUT2D eigenvalue weighted by Crippen LogP contribution is -2.58. The van der Waals surface area contributed by atoms with Crippen LogP contribution in [0.25, 0.3) is 5.57 Å². The number of hydrogen-bond donors (Lipinski definition) is 3. The van der Waals surface area contributed by atoms with E-state index in [2.05, 4.69) is 0 Å². The Hall–Kier alpha value is -5.29. The Balaban J connectivity index is 1.36. The van der Waals surface area contributed by atoms with Crippen molar-refractivity contribution in [3.63, 3.8) is 0 Å². The maximum absolute atomic E-state index is 15.2. The van der Waals surface area contributed by atoms with Gasteiger partial charge in [0.05, 0.1) is 35.1 Å². The van der Waals surface area contributed by atoms with Crippen LogP contribution in [0.15, 0.2) is 115 Å². The van der Waals surface area contributed by atoms with E-state index in [9.17, 15) is 24.7 Å². The number of allylic oxidation sites excluding steroid dienone is 4. The summed E-state index contributed by atoms with van der Waals surface area (Å²) in [6.45, 7) is 0. The van der Waals surface area contributed by atoms with E-state index < -0.39 is 53.9 Å². The predicted octanol–water partition coefficient (Wildman–Crippen LogP) is 4.76. The summed E-state index contributed by atoms with van der Waals surface area (Å²) in [6, 6.07) is 27.4. The van der Waals surface area contributed by atoms with Crippen LogP contribution in [0.1, 0.15) is 35.4 Å². The van der Waals surface area contributed by atoms with Crippen molar-refractivity contribution in [3.8, 4) is 11.5 Å². The van der Waals surface area contributed by atoms with E-state index >= 15 is 9.59 Å². The lowest BCUT2D eigenvalue weighted by atomic mass is 9.44.